The second kappa shape index (κ2) is 5.74. The Balaban J connectivity index is 2.39. The van der Waals surface area contributed by atoms with E-state index in [1.165, 1.54) is 0 Å². The normalized spacial score (nSPS) is 15.7. The highest BCUT2D eigenvalue weighted by molar-refractivity contribution is 9.10. The monoisotopic (exact) mass is 312 g/mol. The third-order valence-corrected chi connectivity index (χ3v) is 4.08. The van der Waals surface area contributed by atoms with E-state index in [0.29, 0.717) is 17.1 Å². The molecule has 0 heterocycles. The SMILES string of the molecule is COc1cc(Br)c(C(=O)C2CCCC2)c(OC)c1. The number of carbonyl (C=O) groups excluding carboxylic acids is 1. The molecule has 0 aromatic heterocycles. The summed E-state index contributed by atoms with van der Waals surface area (Å²) in [6, 6.07) is 3.57. The second-order valence-electron chi connectivity index (χ2n) is 4.53. The lowest BCUT2D eigenvalue weighted by atomic mass is 9.95. The maximum atomic E-state index is 12.5. The standard InChI is InChI=1S/C14H17BrO3/c1-17-10-7-11(15)13(12(8-10)18-2)14(16)9-5-3-4-6-9/h7-9H,3-6H2,1-2H3. The van der Waals surface area contributed by atoms with Crippen molar-refractivity contribution in [1.29, 1.82) is 0 Å². The molecule has 0 unspecified atom stereocenters. The molecule has 4 heteroatoms. The van der Waals surface area contributed by atoms with Gasteiger partial charge in [-0.25, -0.2) is 0 Å². The Kier molecular flexibility index (Phi) is 4.27. The molecule has 1 aromatic carbocycles. The lowest BCUT2D eigenvalue weighted by molar-refractivity contribution is 0.0919. The molecule has 2 rings (SSSR count). The van der Waals surface area contributed by atoms with E-state index in [4.69, 9.17) is 9.47 Å². The van der Waals surface area contributed by atoms with Gasteiger partial charge in [-0.3, -0.25) is 4.79 Å². The Bertz CT molecular complexity index is 451. The maximum absolute atomic E-state index is 12.5. The summed E-state index contributed by atoms with van der Waals surface area (Å²) in [4.78, 5) is 12.5. The molecule has 0 saturated heterocycles. The fourth-order valence-corrected chi connectivity index (χ4v) is 3.08. The summed E-state index contributed by atoms with van der Waals surface area (Å²) in [6.45, 7) is 0. The van der Waals surface area contributed by atoms with Crippen molar-refractivity contribution in [3.8, 4) is 11.5 Å². The van der Waals surface area contributed by atoms with Crippen molar-refractivity contribution >= 4 is 21.7 Å². The van der Waals surface area contributed by atoms with E-state index < -0.39 is 0 Å². The van der Waals surface area contributed by atoms with E-state index in [1.807, 2.05) is 6.07 Å². The number of rotatable bonds is 4. The fraction of sp³-hybridized carbons (Fsp3) is 0.500. The van der Waals surface area contributed by atoms with Crippen molar-refractivity contribution in [2.75, 3.05) is 14.2 Å². The molecule has 0 N–H and O–H groups in total. The third-order valence-electron chi connectivity index (χ3n) is 3.46. The fourth-order valence-electron chi connectivity index (χ4n) is 2.47. The zero-order valence-corrected chi connectivity index (χ0v) is 12.2. The van der Waals surface area contributed by atoms with E-state index in [9.17, 15) is 4.79 Å². The first-order chi connectivity index (χ1) is 8.67. The van der Waals surface area contributed by atoms with Gasteiger partial charge in [0.05, 0.1) is 19.8 Å². The molecule has 0 bridgehead atoms. The van der Waals surface area contributed by atoms with Crippen LogP contribution in [0.3, 0.4) is 0 Å². The lowest BCUT2D eigenvalue weighted by Crippen LogP contribution is -2.13. The highest BCUT2D eigenvalue weighted by atomic mass is 79.9. The Morgan fingerprint density at radius 1 is 1.22 bits per heavy atom. The molecule has 1 saturated carbocycles. The zero-order chi connectivity index (χ0) is 13.1. The minimum atomic E-state index is 0.142. The van der Waals surface area contributed by atoms with Gasteiger partial charge in [-0.05, 0) is 34.8 Å². The van der Waals surface area contributed by atoms with E-state index >= 15 is 0 Å². The first kappa shape index (κ1) is 13.4. The predicted molar refractivity (Wildman–Crippen MR) is 73.5 cm³/mol. The van der Waals surface area contributed by atoms with Crippen LogP contribution in [0, 0.1) is 5.92 Å². The van der Waals surface area contributed by atoms with Crippen molar-refractivity contribution in [2.45, 2.75) is 25.7 Å². The van der Waals surface area contributed by atoms with Gasteiger partial charge in [-0.1, -0.05) is 12.8 Å². The van der Waals surface area contributed by atoms with Gasteiger partial charge in [0.2, 0.25) is 0 Å². The number of hydrogen-bond donors (Lipinski definition) is 0. The van der Waals surface area contributed by atoms with Crippen molar-refractivity contribution in [3.63, 3.8) is 0 Å². The maximum Gasteiger partial charge on any atom is 0.170 e. The van der Waals surface area contributed by atoms with Gasteiger partial charge in [0, 0.05) is 16.5 Å². The Morgan fingerprint density at radius 3 is 2.44 bits per heavy atom. The topological polar surface area (TPSA) is 35.5 Å². The van der Waals surface area contributed by atoms with Crippen molar-refractivity contribution < 1.29 is 14.3 Å². The molecule has 1 aliphatic rings. The van der Waals surface area contributed by atoms with E-state index in [0.717, 1.165) is 30.2 Å². The number of halogens is 1. The molecule has 1 fully saturated rings. The molecule has 3 nitrogen and oxygen atoms in total. The van der Waals surface area contributed by atoms with Crippen LogP contribution in [0.25, 0.3) is 0 Å². The van der Waals surface area contributed by atoms with Crippen LogP contribution in [-0.2, 0) is 0 Å². The molecule has 0 radical (unpaired) electrons. The summed E-state index contributed by atoms with van der Waals surface area (Å²) in [5.74, 6) is 1.59. The van der Waals surface area contributed by atoms with Gasteiger partial charge in [0.15, 0.2) is 5.78 Å². The van der Waals surface area contributed by atoms with Crippen LogP contribution >= 0.6 is 15.9 Å². The van der Waals surface area contributed by atoms with Gasteiger partial charge >= 0.3 is 0 Å². The van der Waals surface area contributed by atoms with Crippen LogP contribution in [0.5, 0.6) is 11.5 Å². The van der Waals surface area contributed by atoms with Gasteiger partial charge in [-0.15, -0.1) is 0 Å². The molecule has 0 atom stereocenters. The largest absolute Gasteiger partial charge is 0.497 e. The van der Waals surface area contributed by atoms with Crippen LogP contribution in [-0.4, -0.2) is 20.0 Å². The van der Waals surface area contributed by atoms with E-state index in [1.54, 1.807) is 20.3 Å². The summed E-state index contributed by atoms with van der Waals surface area (Å²) in [7, 11) is 3.17. The van der Waals surface area contributed by atoms with Crippen LogP contribution in [0.15, 0.2) is 16.6 Å². The van der Waals surface area contributed by atoms with Gasteiger partial charge in [0.1, 0.15) is 11.5 Å². The highest BCUT2D eigenvalue weighted by Crippen LogP contribution is 2.37. The summed E-state index contributed by atoms with van der Waals surface area (Å²) in [5.41, 5.74) is 0.644. The number of ether oxygens (including phenoxy) is 2. The van der Waals surface area contributed by atoms with Gasteiger partial charge in [-0.2, -0.15) is 0 Å². The first-order valence-electron chi connectivity index (χ1n) is 6.13. The molecule has 0 aliphatic heterocycles. The minimum absolute atomic E-state index is 0.142. The second-order valence-corrected chi connectivity index (χ2v) is 5.39. The first-order valence-corrected chi connectivity index (χ1v) is 6.92. The number of ketones is 1. The van der Waals surface area contributed by atoms with Crippen LogP contribution in [0.2, 0.25) is 0 Å². The summed E-state index contributed by atoms with van der Waals surface area (Å²) < 4.78 is 11.2. The quantitative estimate of drug-likeness (QED) is 0.792. The molecule has 1 aliphatic carbocycles. The molecule has 98 valence electrons. The average Bonchev–Trinajstić information content (AvgIpc) is 2.90. The van der Waals surface area contributed by atoms with Gasteiger partial charge < -0.3 is 9.47 Å². The molecular formula is C14H17BrO3. The van der Waals surface area contributed by atoms with Crippen LogP contribution < -0.4 is 9.47 Å². The number of Topliss-reactive ketones (excluding diaryl/α,β-unsaturated/α-hetero) is 1. The van der Waals surface area contributed by atoms with Crippen molar-refractivity contribution in [3.05, 3.63) is 22.2 Å². The molecule has 0 spiro atoms. The summed E-state index contributed by atoms with van der Waals surface area (Å²) >= 11 is 3.45. The predicted octanol–water partition coefficient (Wildman–Crippen LogP) is 3.84. The van der Waals surface area contributed by atoms with Crippen LogP contribution in [0.1, 0.15) is 36.0 Å². The van der Waals surface area contributed by atoms with Crippen LogP contribution in [0.4, 0.5) is 0 Å². The molecule has 0 amide bonds. The minimum Gasteiger partial charge on any atom is -0.497 e. The van der Waals surface area contributed by atoms with Gasteiger partial charge in [0.25, 0.3) is 0 Å². The molecule has 18 heavy (non-hydrogen) atoms. The summed E-state index contributed by atoms with van der Waals surface area (Å²) in [5, 5.41) is 0. The van der Waals surface area contributed by atoms with E-state index in [-0.39, 0.29) is 11.7 Å². The molecule has 1 aromatic rings. The average molecular weight is 313 g/mol. The van der Waals surface area contributed by atoms with E-state index in [2.05, 4.69) is 15.9 Å². The highest BCUT2D eigenvalue weighted by Gasteiger charge is 2.28. The molecular weight excluding hydrogens is 296 g/mol. The summed E-state index contributed by atoms with van der Waals surface area (Å²) in [6.07, 6.45) is 4.26. The smallest absolute Gasteiger partial charge is 0.170 e. The van der Waals surface area contributed by atoms with Crippen molar-refractivity contribution in [2.24, 2.45) is 5.92 Å². The number of hydrogen-bond acceptors (Lipinski definition) is 3. The third kappa shape index (κ3) is 2.53. The van der Waals surface area contributed by atoms with Crippen molar-refractivity contribution in [1.82, 2.24) is 0 Å². The Hall–Kier alpha value is -1.03. The number of benzene rings is 1. The Labute approximate surface area is 116 Å². The Morgan fingerprint density at radius 2 is 1.89 bits per heavy atom. The number of methoxy groups -OCH3 is 2. The zero-order valence-electron chi connectivity index (χ0n) is 10.7. The number of carbonyl (C=O) groups is 1. The lowest BCUT2D eigenvalue weighted by Gasteiger charge is -2.15.